The molecule has 1 aromatic carbocycles. The average Bonchev–Trinajstić information content (AvgIpc) is 2.42. The van der Waals surface area contributed by atoms with E-state index >= 15 is 0 Å². The summed E-state index contributed by atoms with van der Waals surface area (Å²) in [5, 5.41) is 3.28. The predicted molar refractivity (Wildman–Crippen MR) is 75.4 cm³/mol. The number of hydrogen-bond acceptors (Lipinski definition) is 2. The van der Waals surface area contributed by atoms with Crippen molar-refractivity contribution in [3.63, 3.8) is 0 Å². The second-order valence-corrected chi connectivity index (χ2v) is 4.79. The summed E-state index contributed by atoms with van der Waals surface area (Å²) < 4.78 is 0. The molecule has 1 aliphatic rings. The van der Waals surface area contributed by atoms with Gasteiger partial charge in [0.25, 0.3) is 0 Å². The van der Waals surface area contributed by atoms with Gasteiger partial charge in [-0.2, -0.15) is 0 Å². The topological polar surface area (TPSA) is 55.1 Å². The number of nitrogens with one attached hydrogen (secondary N) is 1. The summed E-state index contributed by atoms with van der Waals surface area (Å²) in [6, 6.07) is 9.90. The molecule has 1 fully saturated rings. The number of carbonyl (C=O) groups excluding carboxylic acids is 1. The summed E-state index contributed by atoms with van der Waals surface area (Å²) in [7, 11) is 0. The summed E-state index contributed by atoms with van der Waals surface area (Å²) in [4.78, 5) is 10.6. The van der Waals surface area contributed by atoms with Crippen molar-refractivity contribution in [2.75, 3.05) is 13.1 Å². The first kappa shape index (κ1) is 14.7. The van der Waals surface area contributed by atoms with Crippen LogP contribution >= 0.6 is 0 Å². The van der Waals surface area contributed by atoms with Crippen LogP contribution in [0.4, 0.5) is 0 Å². The van der Waals surface area contributed by atoms with Crippen molar-refractivity contribution in [3.8, 4) is 0 Å². The number of benzene rings is 1. The van der Waals surface area contributed by atoms with Gasteiger partial charge in [0.15, 0.2) is 0 Å². The molecule has 2 rings (SSSR count). The highest BCUT2D eigenvalue weighted by Gasteiger charge is 2.07. The van der Waals surface area contributed by atoms with Crippen LogP contribution in [0, 0.1) is 0 Å². The van der Waals surface area contributed by atoms with Gasteiger partial charge < -0.3 is 11.1 Å². The monoisotopic (exact) mass is 248 g/mol. The molecular formula is C15H24N2O. The van der Waals surface area contributed by atoms with E-state index in [2.05, 4.69) is 5.32 Å². The normalized spacial score (nSPS) is 16.3. The Morgan fingerprint density at radius 3 is 2.22 bits per heavy atom. The maximum atomic E-state index is 10.6. The third-order valence-corrected chi connectivity index (χ3v) is 3.08. The first-order valence-electron chi connectivity index (χ1n) is 6.74. The van der Waals surface area contributed by atoms with Crippen molar-refractivity contribution in [2.45, 2.75) is 38.5 Å². The minimum Gasteiger partial charge on any atom is -0.370 e. The van der Waals surface area contributed by atoms with Gasteiger partial charge >= 0.3 is 0 Å². The predicted octanol–water partition coefficient (Wildman–Crippen LogP) is 2.43. The van der Waals surface area contributed by atoms with Gasteiger partial charge in [-0.15, -0.1) is 0 Å². The van der Waals surface area contributed by atoms with Crippen LogP contribution in [0.5, 0.6) is 0 Å². The van der Waals surface area contributed by atoms with Gasteiger partial charge in [0.05, 0.1) is 0 Å². The molecule has 0 aliphatic carbocycles. The van der Waals surface area contributed by atoms with Crippen LogP contribution in [0.2, 0.25) is 0 Å². The van der Waals surface area contributed by atoms with Crippen LogP contribution in [0.1, 0.15) is 44.1 Å². The Morgan fingerprint density at radius 1 is 1.22 bits per heavy atom. The molecule has 0 saturated carbocycles. The first-order chi connectivity index (χ1) is 8.70. The zero-order valence-electron chi connectivity index (χ0n) is 11.2. The Labute approximate surface area is 110 Å². The molecule has 3 N–H and O–H groups in total. The Balaban J connectivity index is 0.000000225. The lowest BCUT2D eigenvalue weighted by Crippen LogP contribution is -2.21. The Morgan fingerprint density at radius 2 is 1.83 bits per heavy atom. The van der Waals surface area contributed by atoms with Crippen molar-refractivity contribution >= 4 is 5.91 Å². The van der Waals surface area contributed by atoms with Crippen LogP contribution in [0.25, 0.3) is 0 Å². The van der Waals surface area contributed by atoms with Crippen molar-refractivity contribution in [1.29, 1.82) is 0 Å². The van der Waals surface area contributed by atoms with Crippen molar-refractivity contribution in [1.82, 2.24) is 5.32 Å². The van der Waals surface area contributed by atoms with Gasteiger partial charge in [0.1, 0.15) is 0 Å². The molecule has 3 heteroatoms. The fourth-order valence-electron chi connectivity index (χ4n) is 2.00. The Bertz CT molecular complexity index is 322. The van der Waals surface area contributed by atoms with E-state index in [-0.39, 0.29) is 11.8 Å². The van der Waals surface area contributed by atoms with E-state index in [0.717, 1.165) is 5.56 Å². The van der Waals surface area contributed by atoms with Crippen LogP contribution in [0.3, 0.4) is 0 Å². The molecule has 0 unspecified atom stereocenters. The largest absolute Gasteiger partial charge is 0.370 e. The first-order valence-corrected chi connectivity index (χ1v) is 6.74. The molecule has 100 valence electrons. The highest BCUT2D eigenvalue weighted by atomic mass is 16.1. The third kappa shape index (κ3) is 6.40. The number of primary amides is 1. The van der Waals surface area contributed by atoms with E-state index in [1.54, 1.807) is 0 Å². The quantitative estimate of drug-likeness (QED) is 0.863. The average molecular weight is 248 g/mol. The fourth-order valence-corrected chi connectivity index (χ4v) is 2.00. The van der Waals surface area contributed by atoms with Crippen molar-refractivity contribution < 1.29 is 4.79 Å². The summed E-state index contributed by atoms with van der Waals surface area (Å²) in [5.41, 5.74) is 6.26. The van der Waals surface area contributed by atoms with Gasteiger partial charge in [-0.1, -0.05) is 43.7 Å². The molecule has 1 amide bonds. The van der Waals surface area contributed by atoms with E-state index in [9.17, 15) is 4.79 Å². The maximum absolute atomic E-state index is 10.6. The second kappa shape index (κ2) is 8.70. The Hall–Kier alpha value is -1.35. The van der Waals surface area contributed by atoms with Gasteiger partial charge in [0, 0.05) is 6.42 Å². The van der Waals surface area contributed by atoms with E-state index in [4.69, 9.17) is 5.73 Å². The molecule has 1 aliphatic heterocycles. The van der Waals surface area contributed by atoms with Gasteiger partial charge in [-0.25, -0.2) is 0 Å². The maximum Gasteiger partial charge on any atom is 0.218 e. The lowest BCUT2D eigenvalue weighted by Gasteiger charge is -2.08. The molecular weight excluding hydrogens is 224 g/mol. The number of amides is 1. The van der Waals surface area contributed by atoms with Crippen LogP contribution < -0.4 is 11.1 Å². The SMILES string of the molecule is C1CCNCC1.C[C@H](CC(N)=O)c1ccccc1. The van der Waals surface area contributed by atoms with Crippen molar-refractivity contribution in [2.24, 2.45) is 5.73 Å². The lowest BCUT2D eigenvalue weighted by molar-refractivity contribution is -0.118. The summed E-state index contributed by atoms with van der Waals surface area (Å²) >= 11 is 0. The number of piperidine rings is 1. The molecule has 3 nitrogen and oxygen atoms in total. The smallest absolute Gasteiger partial charge is 0.218 e. The zero-order valence-corrected chi connectivity index (χ0v) is 11.2. The van der Waals surface area contributed by atoms with E-state index in [1.165, 1.54) is 32.4 Å². The fraction of sp³-hybridized carbons (Fsp3) is 0.533. The third-order valence-electron chi connectivity index (χ3n) is 3.08. The number of carbonyl (C=O) groups is 1. The van der Waals surface area contributed by atoms with Gasteiger partial charge in [-0.3, -0.25) is 4.79 Å². The number of hydrogen-bond donors (Lipinski definition) is 2. The molecule has 1 aromatic rings. The zero-order chi connectivity index (χ0) is 13.2. The van der Waals surface area contributed by atoms with Gasteiger partial charge in [-0.05, 0) is 37.4 Å². The lowest BCUT2D eigenvalue weighted by atomic mass is 9.98. The van der Waals surface area contributed by atoms with E-state index in [1.807, 2.05) is 37.3 Å². The van der Waals surface area contributed by atoms with Gasteiger partial charge in [0.2, 0.25) is 5.91 Å². The molecule has 0 spiro atoms. The minimum atomic E-state index is -0.244. The summed E-state index contributed by atoms with van der Waals surface area (Å²) in [5.74, 6) is -0.0185. The molecule has 1 saturated heterocycles. The van der Waals surface area contributed by atoms with Crippen LogP contribution in [-0.4, -0.2) is 19.0 Å². The summed E-state index contributed by atoms with van der Waals surface area (Å²) in [6.45, 7) is 4.50. The van der Waals surface area contributed by atoms with Crippen molar-refractivity contribution in [3.05, 3.63) is 35.9 Å². The van der Waals surface area contributed by atoms with Crippen LogP contribution in [-0.2, 0) is 4.79 Å². The van der Waals surface area contributed by atoms with E-state index in [0.29, 0.717) is 6.42 Å². The van der Waals surface area contributed by atoms with Crippen LogP contribution in [0.15, 0.2) is 30.3 Å². The minimum absolute atomic E-state index is 0.226. The Kier molecular flexibility index (Phi) is 7.11. The number of rotatable bonds is 3. The molecule has 0 radical (unpaired) electrons. The molecule has 1 atom stereocenters. The highest BCUT2D eigenvalue weighted by Crippen LogP contribution is 2.17. The molecule has 0 bridgehead atoms. The summed E-state index contributed by atoms with van der Waals surface area (Å²) in [6.07, 6.45) is 4.64. The molecule has 0 aromatic heterocycles. The second-order valence-electron chi connectivity index (χ2n) is 4.79. The molecule has 18 heavy (non-hydrogen) atoms. The number of nitrogens with two attached hydrogens (primary N) is 1. The molecule has 1 heterocycles. The van der Waals surface area contributed by atoms with E-state index < -0.39 is 0 Å². The highest BCUT2D eigenvalue weighted by molar-refractivity contribution is 5.74. The standard InChI is InChI=1S/C10H13NO.C5H11N/c1-8(7-10(11)12)9-5-3-2-4-6-9;1-2-4-6-5-3-1/h2-6,8H,7H2,1H3,(H2,11,12);6H,1-5H2/t8-;/m1./s1.